The molecule has 0 aromatic carbocycles. The molecule has 0 aliphatic carbocycles. The summed E-state index contributed by atoms with van der Waals surface area (Å²) in [5.41, 5.74) is 0.787. The third-order valence-corrected chi connectivity index (χ3v) is 3.67. The van der Waals surface area contributed by atoms with Crippen molar-refractivity contribution in [3.05, 3.63) is 34.7 Å². The highest BCUT2D eigenvalue weighted by Crippen LogP contribution is 2.31. The van der Waals surface area contributed by atoms with Crippen molar-refractivity contribution >= 4 is 23.1 Å². The minimum absolute atomic E-state index is 0.215. The van der Waals surface area contributed by atoms with Crippen LogP contribution in [-0.4, -0.2) is 9.97 Å². The first-order chi connectivity index (χ1) is 7.56. The number of aryl methyl sites for hydroxylation is 1. The van der Waals surface area contributed by atoms with E-state index in [9.17, 15) is 13.2 Å². The molecule has 2 rings (SSSR count). The molecule has 7 heteroatoms. The maximum Gasteiger partial charge on any atom is 0.250 e. The summed E-state index contributed by atoms with van der Waals surface area (Å²) < 4.78 is 39.1. The van der Waals surface area contributed by atoms with E-state index in [0.29, 0.717) is 10.4 Å². The van der Waals surface area contributed by atoms with Gasteiger partial charge in [-0.25, -0.2) is 18.7 Å². The van der Waals surface area contributed by atoms with Gasteiger partial charge >= 0.3 is 0 Å². The average Bonchev–Trinajstić information content (AvgIpc) is 2.60. The monoisotopic (exact) mass is 262 g/mol. The van der Waals surface area contributed by atoms with Crippen LogP contribution in [0.5, 0.6) is 0 Å². The quantitative estimate of drug-likeness (QED) is 0.776. The predicted octanol–water partition coefficient (Wildman–Crippen LogP) is 3.42. The fraction of sp³-hybridized carbons (Fsp3) is 0.111. The van der Waals surface area contributed by atoms with Gasteiger partial charge in [0.05, 0.1) is 0 Å². The standard InChI is InChI=1S/C9H5F3N2S2/c1-4-3-15-9(13-4)16-8-6(11)2-5(10)7(12)14-8/h2-3H,1H3. The van der Waals surface area contributed by atoms with Gasteiger partial charge in [-0.3, -0.25) is 0 Å². The van der Waals surface area contributed by atoms with E-state index in [1.807, 2.05) is 0 Å². The molecule has 0 N–H and O–H groups in total. The Morgan fingerprint density at radius 2 is 1.94 bits per heavy atom. The number of rotatable bonds is 2. The fourth-order valence-corrected chi connectivity index (χ4v) is 2.69. The van der Waals surface area contributed by atoms with Crippen molar-refractivity contribution in [2.45, 2.75) is 16.3 Å². The third kappa shape index (κ3) is 2.35. The van der Waals surface area contributed by atoms with E-state index >= 15 is 0 Å². The Morgan fingerprint density at radius 1 is 1.19 bits per heavy atom. The number of aromatic nitrogens is 2. The molecular formula is C9H5F3N2S2. The second-order valence-corrected chi connectivity index (χ2v) is 5.00. The molecule has 0 unspecified atom stereocenters. The first-order valence-electron chi connectivity index (χ1n) is 4.18. The summed E-state index contributed by atoms with van der Waals surface area (Å²) in [4.78, 5) is 7.25. The molecule has 0 spiro atoms. The van der Waals surface area contributed by atoms with E-state index in [2.05, 4.69) is 9.97 Å². The van der Waals surface area contributed by atoms with E-state index in [0.717, 1.165) is 17.5 Å². The second-order valence-electron chi connectivity index (χ2n) is 2.90. The van der Waals surface area contributed by atoms with Gasteiger partial charge in [-0.05, 0) is 18.7 Å². The molecule has 0 aliphatic rings. The summed E-state index contributed by atoms with van der Waals surface area (Å²) in [5.74, 6) is -3.49. The van der Waals surface area contributed by atoms with Crippen molar-refractivity contribution < 1.29 is 13.2 Å². The number of nitrogens with zero attached hydrogens (tertiary/aromatic N) is 2. The predicted molar refractivity (Wildman–Crippen MR) is 55.1 cm³/mol. The summed E-state index contributed by atoms with van der Waals surface area (Å²) >= 11 is 2.16. The van der Waals surface area contributed by atoms with Crippen molar-refractivity contribution in [1.82, 2.24) is 9.97 Å². The number of hydrogen-bond donors (Lipinski definition) is 0. The SMILES string of the molecule is Cc1csc(Sc2nc(F)c(F)cc2F)n1. The molecule has 2 aromatic rings. The Labute approximate surface area is 97.6 Å². The van der Waals surface area contributed by atoms with Gasteiger partial charge in [-0.1, -0.05) is 0 Å². The lowest BCUT2D eigenvalue weighted by Crippen LogP contribution is -1.95. The molecule has 0 saturated carbocycles. The molecule has 84 valence electrons. The van der Waals surface area contributed by atoms with Gasteiger partial charge in [0.2, 0.25) is 5.95 Å². The van der Waals surface area contributed by atoms with E-state index < -0.39 is 17.6 Å². The lowest BCUT2D eigenvalue weighted by atomic mass is 10.4. The average molecular weight is 262 g/mol. The Balaban J connectivity index is 2.31. The van der Waals surface area contributed by atoms with Crippen molar-refractivity contribution in [1.29, 1.82) is 0 Å². The highest BCUT2D eigenvalue weighted by Gasteiger charge is 2.14. The van der Waals surface area contributed by atoms with Gasteiger partial charge in [0.25, 0.3) is 0 Å². The molecule has 2 aromatic heterocycles. The molecule has 0 fully saturated rings. The van der Waals surface area contributed by atoms with E-state index in [-0.39, 0.29) is 5.03 Å². The first kappa shape index (κ1) is 11.4. The summed E-state index contributed by atoms with van der Waals surface area (Å²) in [5, 5.41) is 1.56. The topological polar surface area (TPSA) is 25.8 Å². The molecular weight excluding hydrogens is 257 g/mol. The van der Waals surface area contributed by atoms with Crippen LogP contribution in [0.4, 0.5) is 13.2 Å². The fourth-order valence-electron chi connectivity index (χ4n) is 0.962. The summed E-state index contributed by atoms with van der Waals surface area (Å²) in [6.07, 6.45) is 0. The van der Waals surface area contributed by atoms with Gasteiger partial charge in [0.1, 0.15) is 5.03 Å². The first-order valence-corrected chi connectivity index (χ1v) is 5.87. The zero-order valence-electron chi connectivity index (χ0n) is 8.00. The largest absolute Gasteiger partial charge is 0.250 e. The Hall–Kier alpha value is -1.08. The molecule has 0 atom stereocenters. The molecule has 0 saturated heterocycles. The number of halogens is 3. The molecule has 0 amide bonds. The lowest BCUT2D eigenvalue weighted by molar-refractivity contribution is 0.448. The van der Waals surface area contributed by atoms with Crippen molar-refractivity contribution in [3.8, 4) is 0 Å². The van der Waals surface area contributed by atoms with Crippen LogP contribution in [0.3, 0.4) is 0 Å². The van der Waals surface area contributed by atoms with Crippen molar-refractivity contribution in [2.75, 3.05) is 0 Å². The summed E-state index contributed by atoms with van der Waals surface area (Å²) in [6.45, 7) is 1.79. The van der Waals surface area contributed by atoms with Crippen LogP contribution >= 0.6 is 23.1 Å². The highest BCUT2D eigenvalue weighted by atomic mass is 32.2. The molecule has 2 nitrogen and oxygen atoms in total. The maximum atomic E-state index is 13.2. The van der Waals surface area contributed by atoms with E-state index in [1.165, 1.54) is 11.3 Å². The van der Waals surface area contributed by atoms with Crippen LogP contribution in [-0.2, 0) is 0 Å². The van der Waals surface area contributed by atoms with Crippen molar-refractivity contribution in [2.24, 2.45) is 0 Å². The van der Waals surface area contributed by atoms with E-state index in [4.69, 9.17) is 0 Å². The second kappa shape index (κ2) is 4.42. The van der Waals surface area contributed by atoms with Crippen LogP contribution < -0.4 is 0 Å². The summed E-state index contributed by atoms with van der Waals surface area (Å²) in [6, 6.07) is 0.477. The molecule has 16 heavy (non-hydrogen) atoms. The molecule has 0 aliphatic heterocycles. The minimum Gasteiger partial charge on any atom is -0.235 e. The van der Waals surface area contributed by atoms with Crippen molar-refractivity contribution in [3.63, 3.8) is 0 Å². The Morgan fingerprint density at radius 3 is 2.56 bits per heavy atom. The van der Waals surface area contributed by atoms with Crippen LogP contribution in [0.15, 0.2) is 20.8 Å². The van der Waals surface area contributed by atoms with Crippen LogP contribution in [0.25, 0.3) is 0 Å². The van der Waals surface area contributed by atoms with Gasteiger partial charge in [0.15, 0.2) is 16.0 Å². The van der Waals surface area contributed by atoms with Crippen LogP contribution in [0.1, 0.15) is 5.69 Å². The molecule has 0 bridgehead atoms. The lowest BCUT2D eigenvalue weighted by Gasteiger charge is -1.99. The zero-order valence-corrected chi connectivity index (χ0v) is 9.63. The number of thiazole rings is 1. The van der Waals surface area contributed by atoms with Gasteiger partial charge in [-0.15, -0.1) is 11.3 Å². The Kier molecular flexibility index (Phi) is 3.15. The molecule has 2 heterocycles. The normalized spacial score (nSPS) is 10.8. The summed E-state index contributed by atoms with van der Waals surface area (Å²) in [7, 11) is 0. The number of pyridine rings is 1. The van der Waals surface area contributed by atoms with E-state index in [1.54, 1.807) is 12.3 Å². The van der Waals surface area contributed by atoms with Gasteiger partial charge < -0.3 is 0 Å². The van der Waals surface area contributed by atoms with Crippen LogP contribution in [0.2, 0.25) is 0 Å². The minimum atomic E-state index is -1.31. The van der Waals surface area contributed by atoms with Gasteiger partial charge in [-0.2, -0.15) is 4.39 Å². The zero-order chi connectivity index (χ0) is 11.7. The highest BCUT2D eigenvalue weighted by molar-refractivity contribution is 8.01. The third-order valence-electron chi connectivity index (χ3n) is 1.64. The van der Waals surface area contributed by atoms with Crippen LogP contribution in [0, 0.1) is 24.5 Å². The smallest absolute Gasteiger partial charge is 0.235 e. The molecule has 0 radical (unpaired) electrons. The maximum absolute atomic E-state index is 13.2. The van der Waals surface area contributed by atoms with Gasteiger partial charge in [0, 0.05) is 17.1 Å². The Bertz CT molecular complexity index is 527. The number of hydrogen-bond acceptors (Lipinski definition) is 4.